The van der Waals surface area contributed by atoms with Gasteiger partial charge in [-0.2, -0.15) is 0 Å². The molecule has 0 spiro atoms. The topological polar surface area (TPSA) is 107 Å². The molecule has 31 heavy (non-hydrogen) atoms. The van der Waals surface area contributed by atoms with Crippen LogP contribution in [-0.4, -0.2) is 27.1 Å². The summed E-state index contributed by atoms with van der Waals surface area (Å²) in [6.45, 7) is 0. The van der Waals surface area contributed by atoms with Gasteiger partial charge in [0.05, 0.1) is 0 Å². The van der Waals surface area contributed by atoms with E-state index in [0.717, 1.165) is 25.7 Å². The number of carbonyl (C=O) groups excluding carboxylic acids is 1. The molecule has 0 aliphatic rings. The molecule has 0 radical (unpaired) electrons. The molecule has 186 valence electrons. The molecule has 0 rings (SSSR count). The third-order valence-corrected chi connectivity index (χ3v) is 6.88. The van der Waals surface area contributed by atoms with Crippen molar-refractivity contribution < 1.29 is 24.4 Å². The molecule has 0 aliphatic carbocycles. The first-order valence-corrected chi connectivity index (χ1v) is 14.7. The van der Waals surface area contributed by atoms with Crippen molar-refractivity contribution in [3.05, 3.63) is 0 Å². The number of rotatable bonds is 24. The molecule has 6 nitrogen and oxygen atoms in total. The van der Waals surface area contributed by atoms with Gasteiger partial charge < -0.3 is 9.79 Å². The minimum Gasteiger partial charge on any atom is -0.324 e. The van der Waals surface area contributed by atoms with Gasteiger partial charge in [0.1, 0.15) is 0 Å². The van der Waals surface area contributed by atoms with E-state index in [1.807, 2.05) is 0 Å². The molecule has 0 saturated carbocycles. The molecule has 0 heterocycles. The molecule has 0 aromatic rings. The average Bonchev–Trinajstić information content (AvgIpc) is 2.73. The maximum atomic E-state index is 10.9. The zero-order valence-corrected chi connectivity index (χ0v) is 20.8. The van der Waals surface area contributed by atoms with E-state index in [0.29, 0.717) is 12.8 Å². The smallest absolute Gasteiger partial charge is 0.324 e. The van der Waals surface area contributed by atoms with Crippen LogP contribution in [0.15, 0.2) is 0 Å². The second kappa shape index (κ2) is 22.8. The molecule has 0 unspecified atom stereocenters. The Morgan fingerprint density at radius 2 is 0.774 bits per heavy atom. The fourth-order valence-electron chi connectivity index (χ4n) is 4.02. The Balaban J connectivity index is 3.06. The number of carbonyl (C=O) groups is 1. The quantitative estimate of drug-likeness (QED) is 0.0522. The number of nitrogens with one attached hydrogen (secondary N) is 1. The van der Waals surface area contributed by atoms with Crippen molar-refractivity contribution >= 4 is 13.5 Å². The van der Waals surface area contributed by atoms with Gasteiger partial charge in [0.2, 0.25) is 5.91 Å². The summed E-state index contributed by atoms with van der Waals surface area (Å²) in [6, 6.07) is 0. The summed E-state index contributed by atoms with van der Waals surface area (Å²) >= 11 is 0. The Labute approximate surface area is 191 Å². The minimum atomic E-state index is -3.78. The normalized spacial score (nSPS) is 11.7. The first-order chi connectivity index (χ1) is 15.0. The molecule has 0 fully saturated rings. The Hall–Kier alpha value is -0.420. The molecule has 0 aliphatic heterocycles. The maximum absolute atomic E-state index is 10.9. The second-order valence-electron chi connectivity index (χ2n) is 9.10. The monoisotopic (exact) mass is 463 g/mol. The molecule has 0 saturated heterocycles. The zero-order valence-electron chi connectivity index (χ0n) is 19.9. The van der Waals surface area contributed by atoms with Crippen molar-refractivity contribution in [1.29, 1.82) is 0 Å². The van der Waals surface area contributed by atoms with Crippen LogP contribution in [0.25, 0.3) is 0 Å². The molecule has 0 aromatic carbocycles. The van der Waals surface area contributed by atoms with Gasteiger partial charge in [-0.05, 0) is 12.8 Å². The molecule has 0 aromatic heterocycles. The van der Waals surface area contributed by atoms with Crippen LogP contribution >= 0.6 is 7.60 Å². The van der Waals surface area contributed by atoms with Gasteiger partial charge in [-0.25, -0.2) is 5.48 Å². The van der Waals surface area contributed by atoms with Crippen molar-refractivity contribution in [2.75, 3.05) is 6.16 Å². The lowest BCUT2D eigenvalue weighted by Crippen LogP contribution is -2.17. The van der Waals surface area contributed by atoms with E-state index < -0.39 is 7.60 Å². The van der Waals surface area contributed by atoms with E-state index in [2.05, 4.69) is 0 Å². The van der Waals surface area contributed by atoms with E-state index in [4.69, 9.17) is 15.0 Å². The lowest BCUT2D eigenvalue weighted by Gasteiger charge is -2.05. The van der Waals surface area contributed by atoms with Gasteiger partial charge in [-0.3, -0.25) is 14.6 Å². The molecule has 0 atom stereocenters. The Bertz CT molecular complexity index is 442. The Morgan fingerprint density at radius 3 is 1.03 bits per heavy atom. The van der Waals surface area contributed by atoms with E-state index >= 15 is 0 Å². The maximum Gasteiger partial charge on any atom is 0.325 e. The van der Waals surface area contributed by atoms with Gasteiger partial charge in [0.25, 0.3) is 0 Å². The SMILES string of the molecule is O=C(CCCCCCCCCCCCCCCCCCCCCCCP(=O)(O)O)NO. The minimum absolute atomic E-state index is 0.0452. The van der Waals surface area contributed by atoms with E-state index in [9.17, 15) is 9.36 Å². The van der Waals surface area contributed by atoms with Crippen LogP contribution in [0, 0.1) is 0 Å². The first-order valence-electron chi connectivity index (χ1n) is 12.9. The summed E-state index contributed by atoms with van der Waals surface area (Å²) in [5.41, 5.74) is 1.68. The molecular weight excluding hydrogens is 413 g/mol. The van der Waals surface area contributed by atoms with E-state index in [1.54, 1.807) is 5.48 Å². The summed E-state index contributed by atoms with van der Waals surface area (Å²) in [6.07, 6.45) is 26.2. The number of hydrogen-bond donors (Lipinski definition) is 4. The van der Waals surface area contributed by atoms with Crippen molar-refractivity contribution in [2.45, 2.75) is 141 Å². The van der Waals surface area contributed by atoms with Crippen LogP contribution in [0.2, 0.25) is 0 Å². The van der Waals surface area contributed by atoms with Crippen LogP contribution in [-0.2, 0) is 9.36 Å². The van der Waals surface area contributed by atoms with Gasteiger partial charge in [-0.1, -0.05) is 122 Å². The Morgan fingerprint density at radius 1 is 0.516 bits per heavy atom. The summed E-state index contributed by atoms with van der Waals surface area (Å²) in [5, 5.41) is 8.41. The van der Waals surface area contributed by atoms with Crippen LogP contribution in [0.5, 0.6) is 0 Å². The van der Waals surface area contributed by atoms with Crippen LogP contribution in [0.3, 0.4) is 0 Å². The lowest BCUT2D eigenvalue weighted by molar-refractivity contribution is -0.129. The third-order valence-electron chi connectivity index (χ3n) is 5.98. The molecule has 7 heteroatoms. The van der Waals surface area contributed by atoms with Gasteiger partial charge in [-0.15, -0.1) is 0 Å². The largest absolute Gasteiger partial charge is 0.325 e. The van der Waals surface area contributed by atoms with Gasteiger partial charge >= 0.3 is 7.60 Å². The molecule has 1 amide bonds. The van der Waals surface area contributed by atoms with Gasteiger partial charge in [0.15, 0.2) is 0 Å². The number of amides is 1. The number of unbranched alkanes of at least 4 members (excludes halogenated alkanes) is 20. The van der Waals surface area contributed by atoms with Gasteiger partial charge in [0, 0.05) is 12.6 Å². The molecule has 0 bridgehead atoms. The predicted octanol–water partition coefficient (Wildman–Crippen LogP) is 7.25. The summed E-state index contributed by atoms with van der Waals surface area (Å²) in [4.78, 5) is 28.5. The second-order valence-corrected chi connectivity index (χ2v) is 10.9. The van der Waals surface area contributed by atoms with Crippen molar-refractivity contribution in [1.82, 2.24) is 5.48 Å². The van der Waals surface area contributed by atoms with Crippen molar-refractivity contribution in [2.24, 2.45) is 0 Å². The van der Waals surface area contributed by atoms with Crippen molar-refractivity contribution in [3.63, 3.8) is 0 Å². The summed E-state index contributed by atoms with van der Waals surface area (Å²) < 4.78 is 10.7. The highest BCUT2D eigenvalue weighted by molar-refractivity contribution is 7.51. The van der Waals surface area contributed by atoms with Crippen LogP contribution in [0.1, 0.15) is 141 Å². The lowest BCUT2D eigenvalue weighted by atomic mass is 10.0. The highest BCUT2D eigenvalue weighted by Crippen LogP contribution is 2.35. The number of hydroxylamine groups is 1. The average molecular weight is 464 g/mol. The standard InChI is InChI=1S/C24H50NO5P/c26-24(25-27)22-20-18-16-14-12-10-8-6-4-2-1-3-5-7-9-11-13-15-17-19-21-23-31(28,29)30/h27H,1-23H2,(H,25,26)(H2,28,29,30). The number of hydrogen-bond acceptors (Lipinski definition) is 3. The van der Waals surface area contributed by atoms with E-state index in [1.165, 1.54) is 103 Å². The predicted molar refractivity (Wildman–Crippen MR) is 128 cm³/mol. The highest BCUT2D eigenvalue weighted by Gasteiger charge is 2.10. The zero-order chi connectivity index (χ0) is 23.0. The van der Waals surface area contributed by atoms with E-state index in [-0.39, 0.29) is 12.1 Å². The summed E-state index contributed by atoms with van der Waals surface area (Å²) in [5.74, 6) is -0.275. The van der Waals surface area contributed by atoms with Crippen LogP contribution < -0.4 is 5.48 Å². The first kappa shape index (κ1) is 30.6. The Kier molecular flexibility index (Phi) is 22.5. The fraction of sp³-hybridized carbons (Fsp3) is 0.958. The summed E-state index contributed by atoms with van der Waals surface area (Å²) in [7, 11) is -3.78. The van der Waals surface area contributed by atoms with Crippen LogP contribution in [0.4, 0.5) is 0 Å². The molecular formula is C24H50NO5P. The molecule has 4 N–H and O–H groups in total. The van der Waals surface area contributed by atoms with Crippen molar-refractivity contribution in [3.8, 4) is 0 Å². The highest BCUT2D eigenvalue weighted by atomic mass is 31.2. The fourth-order valence-corrected chi connectivity index (χ4v) is 4.65. The third kappa shape index (κ3) is 27.5.